The van der Waals surface area contributed by atoms with Crippen molar-refractivity contribution >= 4 is 21.8 Å². The van der Waals surface area contributed by atoms with Crippen molar-refractivity contribution in [1.82, 2.24) is 4.98 Å². The van der Waals surface area contributed by atoms with Crippen molar-refractivity contribution in [2.45, 2.75) is 33.1 Å². The van der Waals surface area contributed by atoms with Crippen LogP contribution in [0, 0.1) is 13.8 Å². The van der Waals surface area contributed by atoms with Gasteiger partial charge in [-0.25, -0.2) is 0 Å². The molecule has 0 aliphatic heterocycles. The molecular formula is C29H25N. The van der Waals surface area contributed by atoms with Crippen LogP contribution in [0.4, 0.5) is 0 Å². The van der Waals surface area contributed by atoms with E-state index in [1.165, 1.54) is 66.3 Å². The zero-order chi connectivity index (χ0) is 20.6. The summed E-state index contributed by atoms with van der Waals surface area (Å²) in [5.41, 5.74) is 13.4. The van der Waals surface area contributed by atoms with Crippen molar-refractivity contribution < 1.29 is 0 Å². The second kappa shape index (κ2) is 5.86. The van der Waals surface area contributed by atoms with Gasteiger partial charge in [0.05, 0.1) is 5.52 Å². The van der Waals surface area contributed by atoms with Gasteiger partial charge >= 0.3 is 0 Å². The van der Waals surface area contributed by atoms with E-state index >= 15 is 0 Å². The summed E-state index contributed by atoms with van der Waals surface area (Å²) in [4.78, 5) is 3.72. The molecule has 1 aliphatic rings. The molecule has 1 N–H and O–H groups in total. The number of para-hydroxylation sites is 1. The Hall–Kier alpha value is -3.32. The van der Waals surface area contributed by atoms with E-state index in [-0.39, 0.29) is 5.41 Å². The molecule has 0 unspecified atom stereocenters. The number of aromatic amines is 1. The minimum absolute atomic E-state index is 0.0105. The fraction of sp³-hybridized carbons (Fsp3) is 0.172. The lowest BCUT2D eigenvalue weighted by atomic mass is 9.80. The van der Waals surface area contributed by atoms with Gasteiger partial charge in [-0.3, -0.25) is 0 Å². The lowest BCUT2D eigenvalue weighted by Gasteiger charge is -2.23. The van der Waals surface area contributed by atoms with E-state index < -0.39 is 0 Å². The maximum atomic E-state index is 3.72. The predicted octanol–water partition coefficient (Wildman–Crippen LogP) is 7.91. The summed E-state index contributed by atoms with van der Waals surface area (Å²) in [5.74, 6) is 0. The van der Waals surface area contributed by atoms with Crippen molar-refractivity contribution in [3.63, 3.8) is 0 Å². The summed E-state index contributed by atoms with van der Waals surface area (Å²) >= 11 is 0. The molecule has 4 aromatic carbocycles. The van der Waals surface area contributed by atoms with Crippen molar-refractivity contribution in [1.29, 1.82) is 0 Å². The molecule has 5 aromatic rings. The standard InChI is InChI=1S/C29H25N/c1-17-13-14-21-20-10-6-8-12-26(20)30-28(21)27(17)22-16-25-23(15-18(22)2)19-9-5-7-11-24(19)29(25,3)4/h5-16,30H,1-4H3. The van der Waals surface area contributed by atoms with Crippen LogP contribution >= 0.6 is 0 Å². The molecule has 0 amide bonds. The Morgan fingerprint density at radius 1 is 0.633 bits per heavy atom. The minimum atomic E-state index is 0.0105. The van der Waals surface area contributed by atoms with Gasteiger partial charge in [-0.1, -0.05) is 74.5 Å². The number of benzene rings is 4. The zero-order valence-electron chi connectivity index (χ0n) is 17.9. The Bertz CT molecular complexity index is 1480. The molecule has 0 atom stereocenters. The number of aryl methyl sites for hydroxylation is 2. The number of rotatable bonds is 1. The number of aromatic nitrogens is 1. The smallest absolute Gasteiger partial charge is 0.0547 e. The third-order valence-corrected chi connectivity index (χ3v) is 7.09. The number of H-pyrrole nitrogens is 1. The van der Waals surface area contributed by atoms with Crippen molar-refractivity contribution in [2.75, 3.05) is 0 Å². The van der Waals surface area contributed by atoms with Crippen LogP contribution in [0.25, 0.3) is 44.1 Å². The zero-order valence-corrected chi connectivity index (χ0v) is 17.9. The largest absolute Gasteiger partial charge is 0.354 e. The van der Waals surface area contributed by atoms with E-state index in [0.29, 0.717) is 0 Å². The molecule has 0 fully saturated rings. The van der Waals surface area contributed by atoms with Crippen LogP contribution in [0.1, 0.15) is 36.1 Å². The van der Waals surface area contributed by atoms with Gasteiger partial charge in [0.15, 0.2) is 0 Å². The number of fused-ring (bicyclic) bond motifs is 6. The third-order valence-electron chi connectivity index (χ3n) is 7.09. The second-order valence-electron chi connectivity index (χ2n) is 9.23. The summed E-state index contributed by atoms with van der Waals surface area (Å²) in [6.07, 6.45) is 0. The summed E-state index contributed by atoms with van der Waals surface area (Å²) in [7, 11) is 0. The van der Waals surface area contributed by atoms with Crippen LogP contribution in [0.5, 0.6) is 0 Å². The topological polar surface area (TPSA) is 15.8 Å². The molecule has 0 saturated carbocycles. The highest BCUT2D eigenvalue weighted by molar-refractivity contribution is 6.12. The molecule has 1 aromatic heterocycles. The first-order valence-corrected chi connectivity index (χ1v) is 10.7. The fourth-order valence-corrected chi connectivity index (χ4v) is 5.50. The van der Waals surface area contributed by atoms with E-state index in [0.717, 1.165) is 0 Å². The van der Waals surface area contributed by atoms with E-state index in [9.17, 15) is 0 Å². The number of hydrogen-bond donors (Lipinski definition) is 1. The van der Waals surface area contributed by atoms with Gasteiger partial charge in [-0.15, -0.1) is 0 Å². The maximum Gasteiger partial charge on any atom is 0.0547 e. The van der Waals surface area contributed by atoms with Crippen LogP contribution < -0.4 is 0 Å². The number of nitrogens with one attached hydrogen (secondary N) is 1. The highest BCUT2D eigenvalue weighted by Gasteiger charge is 2.35. The van der Waals surface area contributed by atoms with Gasteiger partial charge < -0.3 is 4.98 Å². The molecule has 1 heteroatoms. The first-order valence-electron chi connectivity index (χ1n) is 10.7. The van der Waals surface area contributed by atoms with Crippen LogP contribution in [-0.2, 0) is 5.41 Å². The monoisotopic (exact) mass is 387 g/mol. The molecule has 146 valence electrons. The molecule has 1 aliphatic carbocycles. The van der Waals surface area contributed by atoms with Crippen molar-refractivity contribution in [3.05, 3.63) is 95.1 Å². The van der Waals surface area contributed by atoms with E-state index in [1.54, 1.807) is 0 Å². The SMILES string of the molecule is Cc1cc2c(cc1-c1c(C)ccc3c1[nH]c1ccccc13)C(C)(C)c1ccccc1-2. The lowest BCUT2D eigenvalue weighted by Crippen LogP contribution is -2.15. The van der Waals surface area contributed by atoms with Crippen molar-refractivity contribution in [3.8, 4) is 22.3 Å². The highest BCUT2D eigenvalue weighted by Crippen LogP contribution is 2.51. The molecule has 0 bridgehead atoms. The highest BCUT2D eigenvalue weighted by atomic mass is 14.7. The molecule has 0 saturated heterocycles. The first-order chi connectivity index (χ1) is 14.5. The third kappa shape index (κ3) is 2.18. The molecule has 30 heavy (non-hydrogen) atoms. The van der Waals surface area contributed by atoms with Gasteiger partial charge in [0, 0.05) is 27.3 Å². The lowest BCUT2D eigenvalue weighted by molar-refractivity contribution is 0.660. The van der Waals surface area contributed by atoms with Crippen LogP contribution in [-0.4, -0.2) is 4.98 Å². The summed E-state index contributed by atoms with van der Waals surface area (Å²) < 4.78 is 0. The Morgan fingerprint density at radius 3 is 2.27 bits per heavy atom. The molecule has 0 spiro atoms. The summed E-state index contributed by atoms with van der Waals surface area (Å²) in [6, 6.07) is 26.9. The summed E-state index contributed by atoms with van der Waals surface area (Å²) in [5, 5.41) is 2.59. The Kier molecular flexibility index (Phi) is 3.42. The average molecular weight is 388 g/mol. The van der Waals surface area contributed by atoms with Gasteiger partial charge in [-0.05, 0) is 64.9 Å². The quantitative estimate of drug-likeness (QED) is 0.301. The van der Waals surface area contributed by atoms with Crippen molar-refractivity contribution in [2.24, 2.45) is 0 Å². The van der Waals surface area contributed by atoms with Gasteiger partial charge in [0.1, 0.15) is 0 Å². The Morgan fingerprint density at radius 2 is 1.40 bits per heavy atom. The molecule has 1 heterocycles. The molecule has 0 radical (unpaired) electrons. The maximum absolute atomic E-state index is 3.72. The van der Waals surface area contributed by atoms with E-state index in [4.69, 9.17) is 0 Å². The normalized spacial score (nSPS) is 14.3. The molecule has 1 nitrogen and oxygen atoms in total. The van der Waals surface area contributed by atoms with E-state index in [2.05, 4.69) is 105 Å². The molecular weight excluding hydrogens is 362 g/mol. The van der Waals surface area contributed by atoms with Crippen LogP contribution in [0.3, 0.4) is 0 Å². The Labute approximate surface area is 177 Å². The average Bonchev–Trinajstić information content (AvgIpc) is 3.21. The first kappa shape index (κ1) is 17.5. The van der Waals surface area contributed by atoms with Crippen LogP contribution in [0.2, 0.25) is 0 Å². The van der Waals surface area contributed by atoms with Crippen LogP contribution in [0.15, 0.2) is 72.8 Å². The fourth-order valence-electron chi connectivity index (χ4n) is 5.50. The minimum Gasteiger partial charge on any atom is -0.354 e. The van der Waals surface area contributed by atoms with Gasteiger partial charge in [0.2, 0.25) is 0 Å². The summed E-state index contributed by atoms with van der Waals surface area (Å²) in [6.45, 7) is 9.19. The predicted molar refractivity (Wildman–Crippen MR) is 128 cm³/mol. The van der Waals surface area contributed by atoms with E-state index in [1.807, 2.05) is 0 Å². The second-order valence-corrected chi connectivity index (χ2v) is 9.23. The molecule has 6 rings (SSSR count). The number of hydrogen-bond acceptors (Lipinski definition) is 0. The Balaban J connectivity index is 1.68. The van der Waals surface area contributed by atoms with Gasteiger partial charge in [0.25, 0.3) is 0 Å². The van der Waals surface area contributed by atoms with Gasteiger partial charge in [-0.2, -0.15) is 0 Å².